The number of ether oxygens (including phenoxy) is 2. The number of halogens is 2. The fourth-order valence-corrected chi connectivity index (χ4v) is 4.47. The van der Waals surface area contributed by atoms with Crippen LogP contribution in [0.15, 0.2) is 39.8 Å². The molecule has 4 rings (SSSR count). The van der Waals surface area contributed by atoms with Crippen LogP contribution in [-0.4, -0.2) is 23.7 Å². The summed E-state index contributed by atoms with van der Waals surface area (Å²) in [6.07, 6.45) is 0. The van der Waals surface area contributed by atoms with E-state index < -0.39 is 0 Å². The van der Waals surface area contributed by atoms with Crippen LogP contribution in [0.5, 0.6) is 11.5 Å². The van der Waals surface area contributed by atoms with Gasteiger partial charge in [0.05, 0.1) is 20.8 Å². The highest BCUT2D eigenvalue weighted by molar-refractivity contribution is 9.10. The number of carbonyl (C=O) groups is 1. The van der Waals surface area contributed by atoms with Crippen LogP contribution in [-0.2, 0) is 6.54 Å². The normalized spacial score (nSPS) is 14.0. The maximum Gasteiger partial charge on any atom is 0.281 e. The fraction of sp³-hybridized carbons (Fsp3) is 0.222. The van der Waals surface area contributed by atoms with E-state index >= 15 is 0 Å². The third kappa shape index (κ3) is 3.15. The van der Waals surface area contributed by atoms with Crippen molar-refractivity contribution in [2.24, 2.45) is 4.99 Å². The van der Waals surface area contributed by atoms with Gasteiger partial charge in [0.2, 0.25) is 0 Å². The summed E-state index contributed by atoms with van der Waals surface area (Å²) in [6, 6.07) is 9.03. The number of carbonyl (C=O) groups excluding carboxylic acids is 1. The van der Waals surface area contributed by atoms with Crippen LogP contribution < -0.4 is 14.3 Å². The van der Waals surface area contributed by atoms with Gasteiger partial charge in [-0.3, -0.25) is 4.79 Å². The molecule has 0 radical (unpaired) electrons. The van der Waals surface area contributed by atoms with Crippen molar-refractivity contribution in [3.8, 4) is 11.5 Å². The molecule has 0 aliphatic carbocycles. The molecule has 2 heterocycles. The van der Waals surface area contributed by atoms with Gasteiger partial charge in [-0.1, -0.05) is 38.9 Å². The molecule has 134 valence electrons. The quantitative estimate of drug-likeness (QED) is 0.567. The van der Waals surface area contributed by atoms with Crippen molar-refractivity contribution in [2.75, 3.05) is 13.2 Å². The standard InChI is InChI=1S/C18H14BrClN2O3S/c1-2-22-13-8-14-15(25-6-5-24-14)9-16(13)26-18(22)21-17(23)11-7-10(19)3-4-12(11)20/h3-4,7-9H,2,5-6H2,1H3. The van der Waals surface area contributed by atoms with Gasteiger partial charge in [-0.15, -0.1) is 0 Å². The van der Waals surface area contributed by atoms with Crippen molar-refractivity contribution in [1.29, 1.82) is 0 Å². The Morgan fingerprint density at radius 2 is 2.00 bits per heavy atom. The molecular formula is C18H14BrClN2O3S. The number of hydrogen-bond donors (Lipinski definition) is 0. The second-order valence-electron chi connectivity index (χ2n) is 5.63. The molecule has 0 N–H and O–H groups in total. The number of benzene rings is 2. The Balaban J connectivity index is 1.86. The van der Waals surface area contributed by atoms with Crippen molar-refractivity contribution in [3.63, 3.8) is 0 Å². The van der Waals surface area contributed by atoms with Crippen LogP contribution >= 0.6 is 38.9 Å². The summed E-state index contributed by atoms with van der Waals surface area (Å²) in [5.41, 5.74) is 1.33. The minimum Gasteiger partial charge on any atom is -0.486 e. The van der Waals surface area contributed by atoms with Crippen molar-refractivity contribution in [2.45, 2.75) is 13.5 Å². The highest BCUT2D eigenvalue weighted by Crippen LogP contribution is 2.35. The van der Waals surface area contributed by atoms with Crippen LogP contribution in [0.2, 0.25) is 5.02 Å². The predicted octanol–water partition coefficient (Wildman–Crippen LogP) is 4.65. The van der Waals surface area contributed by atoms with E-state index in [0.29, 0.717) is 35.1 Å². The van der Waals surface area contributed by atoms with E-state index in [1.165, 1.54) is 11.3 Å². The first-order valence-corrected chi connectivity index (χ1v) is 10.0. The summed E-state index contributed by atoms with van der Waals surface area (Å²) in [5, 5.41) is 0.378. The number of amides is 1. The largest absolute Gasteiger partial charge is 0.486 e. The van der Waals surface area contributed by atoms with Crippen molar-refractivity contribution < 1.29 is 14.3 Å². The fourth-order valence-electron chi connectivity index (χ4n) is 2.81. The lowest BCUT2D eigenvalue weighted by molar-refractivity contribution is 0.0998. The number of hydrogen-bond acceptors (Lipinski definition) is 4. The highest BCUT2D eigenvalue weighted by atomic mass is 79.9. The molecule has 26 heavy (non-hydrogen) atoms. The van der Waals surface area contributed by atoms with E-state index in [0.717, 1.165) is 26.2 Å². The van der Waals surface area contributed by atoms with E-state index in [4.69, 9.17) is 21.1 Å². The number of rotatable bonds is 2. The van der Waals surface area contributed by atoms with Gasteiger partial charge in [0.15, 0.2) is 16.3 Å². The Morgan fingerprint density at radius 1 is 1.27 bits per heavy atom. The smallest absolute Gasteiger partial charge is 0.281 e. The first-order chi connectivity index (χ1) is 12.6. The lowest BCUT2D eigenvalue weighted by Gasteiger charge is -2.18. The molecule has 0 atom stereocenters. The molecule has 1 aromatic heterocycles. The summed E-state index contributed by atoms with van der Waals surface area (Å²) >= 11 is 11.0. The number of aromatic nitrogens is 1. The van der Waals surface area contributed by atoms with Gasteiger partial charge in [0.25, 0.3) is 5.91 Å². The van der Waals surface area contributed by atoms with Crippen molar-refractivity contribution in [3.05, 3.63) is 50.2 Å². The van der Waals surface area contributed by atoms with E-state index in [1.54, 1.807) is 18.2 Å². The lowest BCUT2D eigenvalue weighted by atomic mass is 10.2. The molecule has 1 aliphatic rings. The lowest BCUT2D eigenvalue weighted by Crippen LogP contribution is -2.17. The molecule has 0 bridgehead atoms. The third-order valence-electron chi connectivity index (χ3n) is 4.02. The monoisotopic (exact) mass is 452 g/mol. The Hall–Kier alpha value is -1.83. The zero-order chi connectivity index (χ0) is 18.3. The van der Waals surface area contributed by atoms with Crippen LogP contribution in [0.1, 0.15) is 17.3 Å². The summed E-state index contributed by atoms with van der Waals surface area (Å²) in [6.45, 7) is 3.76. The van der Waals surface area contributed by atoms with Crippen molar-refractivity contribution >= 4 is 55.0 Å². The van der Waals surface area contributed by atoms with Crippen LogP contribution in [0, 0.1) is 0 Å². The number of thiazole rings is 1. The molecular weight excluding hydrogens is 440 g/mol. The second kappa shape index (κ2) is 7.06. The minimum atomic E-state index is -0.373. The van der Waals surface area contributed by atoms with Crippen molar-refractivity contribution in [1.82, 2.24) is 4.57 Å². The van der Waals surface area contributed by atoms with Crippen LogP contribution in [0.3, 0.4) is 0 Å². The zero-order valence-electron chi connectivity index (χ0n) is 13.8. The Morgan fingerprint density at radius 3 is 2.73 bits per heavy atom. The summed E-state index contributed by atoms with van der Waals surface area (Å²) in [7, 11) is 0. The molecule has 0 spiro atoms. The SMILES string of the molecule is CCn1c(=NC(=O)c2cc(Br)ccc2Cl)sc2cc3c(cc21)OCCO3. The average molecular weight is 454 g/mol. The second-order valence-corrected chi connectivity index (χ2v) is 7.97. The molecule has 1 amide bonds. The topological polar surface area (TPSA) is 52.8 Å². The zero-order valence-corrected chi connectivity index (χ0v) is 16.9. The minimum absolute atomic E-state index is 0.368. The molecule has 0 fully saturated rings. The molecule has 8 heteroatoms. The highest BCUT2D eigenvalue weighted by Gasteiger charge is 2.17. The Bertz CT molecular complexity index is 1090. The maximum atomic E-state index is 12.7. The Kier molecular flexibility index (Phi) is 4.77. The van der Waals surface area contributed by atoms with Crippen LogP contribution in [0.25, 0.3) is 10.2 Å². The predicted molar refractivity (Wildman–Crippen MR) is 106 cm³/mol. The van der Waals surface area contributed by atoms with Gasteiger partial charge < -0.3 is 14.0 Å². The average Bonchev–Trinajstić information content (AvgIpc) is 2.97. The molecule has 0 saturated heterocycles. The van der Waals surface area contributed by atoms with Gasteiger partial charge in [-0.2, -0.15) is 4.99 Å². The van der Waals surface area contributed by atoms with Gasteiger partial charge in [-0.25, -0.2) is 0 Å². The van der Waals surface area contributed by atoms with E-state index in [-0.39, 0.29) is 5.91 Å². The van der Waals surface area contributed by atoms with Crippen LogP contribution in [0.4, 0.5) is 0 Å². The summed E-state index contributed by atoms with van der Waals surface area (Å²) in [4.78, 5) is 17.6. The maximum absolute atomic E-state index is 12.7. The van der Waals surface area contributed by atoms with Gasteiger partial charge >= 0.3 is 0 Å². The summed E-state index contributed by atoms with van der Waals surface area (Å²) < 4.78 is 15.1. The van der Waals surface area contributed by atoms with Gasteiger partial charge in [-0.05, 0) is 25.1 Å². The third-order valence-corrected chi connectivity index (χ3v) is 5.88. The number of aryl methyl sites for hydroxylation is 1. The first kappa shape index (κ1) is 17.6. The van der Waals surface area contributed by atoms with Gasteiger partial charge in [0.1, 0.15) is 13.2 Å². The van der Waals surface area contributed by atoms with Gasteiger partial charge in [0, 0.05) is 23.2 Å². The molecule has 0 saturated carbocycles. The first-order valence-electron chi connectivity index (χ1n) is 8.04. The number of nitrogens with zero attached hydrogens (tertiary/aromatic N) is 2. The van der Waals surface area contributed by atoms with E-state index in [9.17, 15) is 4.79 Å². The molecule has 0 unspecified atom stereocenters. The molecule has 1 aliphatic heterocycles. The molecule has 3 aromatic rings. The number of fused-ring (bicyclic) bond motifs is 2. The van der Waals surface area contributed by atoms with E-state index in [1.807, 2.05) is 23.6 Å². The summed E-state index contributed by atoms with van der Waals surface area (Å²) in [5.74, 6) is 1.07. The Labute approximate surface area is 167 Å². The molecule has 2 aromatic carbocycles. The molecule has 5 nitrogen and oxygen atoms in total. The van der Waals surface area contributed by atoms with E-state index in [2.05, 4.69) is 20.9 Å².